The molecule has 0 spiro atoms. The quantitative estimate of drug-likeness (QED) is 0.161. The lowest BCUT2D eigenvalue weighted by Crippen LogP contribution is -2.11. The van der Waals surface area contributed by atoms with Gasteiger partial charge in [-0.3, -0.25) is 0 Å². The lowest BCUT2D eigenvalue weighted by atomic mass is 9.96. The van der Waals surface area contributed by atoms with Crippen molar-refractivity contribution in [1.29, 1.82) is 0 Å². The lowest BCUT2D eigenvalue weighted by Gasteiger charge is -2.28. The molecule has 0 bridgehead atoms. The summed E-state index contributed by atoms with van der Waals surface area (Å²) in [5.41, 5.74) is 15.6. The number of anilines is 3. The van der Waals surface area contributed by atoms with Gasteiger partial charge in [0.25, 0.3) is 0 Å². The smallest absolute Gasteiger partial charge is 0.136 e. The third-order valence-electron chi connectivity index (χ3n) is 12.2. The number of benzene rings is 10. The maximum atomic E-state index is 6.35. The third kappa shape index (κ3) is 5.90. The second-order valence-electron chi connectivity index (χ2n) is 15.7. The van der Waals surface area contributed by atoms with Gasteiger partial charge in [0, 0.05) is 44.2 Å². The predicted molar refractivity (Wildman–Crippen MR) is 257 cm³/mol. The highest BCUT2D eigenvalue weighted by molar-refractivity contribution is 6.14. The molecule has 0 atom stereocenters. The summed E-state index contributed by atoms with van der Waals surface area (Å²) in [4.78, 5) is 2.39. The van der Waals surface area contributed by atoms with Gasteiger partial charge in [0.1, 0.15) is 11.2 Å². The summed E-state index contributed by atoms with van der Waals surface area (Å²) in [7, 11) is 0. The van der Waals surface area contributed by atoms with Crippen LogP contribution in [-0.2, 0) is 0 Å². The van der Waals surface area contributed by atoms with Crippen LogP contribution in [0.3, 0.4) is 0 Å². The van der Waals surface area contributed by atoms with Crippen LogP contribution in [0.4, 0.5) is 17.1 Å². The first-order chi connectivity index (χ1) is 30.2. The van der Waals surface area contributed by atoms with Crippen molar-refractivity contribution in [1.82, 2.24) is 4.57 Å². The molecular weight excluding hydrogens is 741 g/mol. The van der Waals surface area contributed by atoms with Crippen molar-refractivity contribution in [3.8, 4) is 39.1 Å². The van der Waals surface area contributed by atoms with Crippen LogP contribution in [0.1, 0.15) is 0 Å². The fraction of sp³-hybridized carbons (Fsp3) is 0. The fourth-order valence-corrected chi connectivity index (χ4v) is 9.30. The normalized spacial score (nSPS) is 11.6. The SMILES string of the molecule is c1ccc(N(c2ccc(-c3ccc(-c4ccc(-n5c6ccccc6c6ccccc65)cc4)cc3)cc2)c2ccc3ccccc3c2)c(-c2cccc3oc4ccccc4c23)c1. The van der Waals surface area contributed by atoms with Crippen molar-refractivity contribution >= 4 is 71.6 Å². The summed E-state index contributed by atoms with van der Waals surface area (Å²) in [6.45, 7) is 0. The predicted octanol–water partition coefficient (Wildman–Crippen LogP) is 16.3. The van der Waals surface area contributed by atoms with Gasteiger partial charge >= 0.3 is 0 Å². The minimum atomic E-state index is 0.887. The number of hydrogen-bond acceptors (Lipinski definition) is 2. The summed E-state index contributed by atoms with van der Waals surface area (Å²) in [6.07, 6.45) is 0. The van der Waals surface area contributed by atoms with E-state index in [1.807, 2.05) is 12.1 Å². The molecule has 0 amide bonds. The average molecular weight is 779 g/mol. The highest BCUT2D eigenvalue weighted by atomic mass is 16.3. The molecule has 3 nitrogen and oxygen atoms in total. The van der Waals surface area contributed by atoms with E-state index in [0.29, 0.717) is 0 Å². The molecule has 286 valence electrons. The number of nitrogens with zero attached hydrogens (tertiary/aromatic N) is 2. The van der Waals surface area contributed by atoms with Crippen molar-refractivity contribution in [2.75, 3.05) is 4.90 Å². The molecule has 0 saturated carbocycles. The Morgan fingerprint density at radius 1 is 0.344 bits per heavy atom. The molecule has 12 rings (SSSR count). The van der Waals surface area contributed by atoms with Crippen LogP contribution in [0.5, 0.6) is 0 Å². The van der Waals surface area contributed by atoms with Crippen LogP contribution in [-0.4, -0.2) is 4.57 Å². The van der Waals surface area contributed by atoms with Crippen molar-refractivity contribution in [2.24, 2.45) is 0 Å². The van der Waals surface area contributed by atoms with E-state index in [-0.39, 0.29) is 0 Å². The van der Waals surface area contributed by atoms with E-state index >= 15 is 0 Å². The first-order valence-corrected chi connectivity index (χ1v) is 20.8. The fourth-order valence-electron chi connectivity index (χ4n) is 9.30. The number of rotatable bonds is 7. The molecule has 0 aliphatic heterocycles. The largest absolute Gasteiger partial charge is 0.456 e. The monoisotopic (exact) mass is 778 g/mol. The standard InChI is InChI=1S/C58H38N2O/c1-2-13-44-38-47(37-32-39(44)12-1)59(53-19-7-5-16-50(53)51-18-11-23-57-58(51)52-17-6-10-22-56(52)61-57)45-33-28-42(29-34-45)40-24-26-41(27-25-40)43-30-35-46(36-31-43)60-54-20-8-3-14-48(54)49-15-4-9-21-55(49)60/h1-38H. The molecule has 0 radical (unpaired) electrons. The number of furan rings is 1. The number of hydrogen-bond donors (Lipinski definition) is 0. The summed E-state index contributed by atoms with van der Waals surface area (Å²) in [5, 5.41) is 7.20. The molecule has 0 aliphatic carbocycles. The zero-order chi connectivity index (χ0) is 40.3. The minimum Gasteiger partial charge on any atom is -0.456 e. The first kappa shape index (κ1) is 34.9. The van der Waals surface area contributed by atoms with E-state index < -0.39 is 0 Å². The van der Waals surface area contributed by atoms with E-state index in [2.05, 4.69) is 228 Å². The van der Waals surface area contributed by atoms with E-state index in [9.17, 15) is 0 Å². The minimum absolute atomic E-state index is 0.887. The van der Waals surface area contributed by atoms with Crippen molar-refractivity contribution in [2.45, 2.75) is 0 Å². The van der Waals surface area contributed by atoms with Gasteiger partial charge in [-0.05, 0) is 105 Å². The maximum Gasteiger partial charge on any atom is 0.136 e. The molecule has 61 heavy (non-hydrogen) atoms. The Balaban J connectivity index is 0.897. The molecule has 0 N–H and O–H groups in total. The summed E-state index contributed by atoms with van der Waals surface area (Å²) in [5.74, 6) is 0. The topological polar surface area (TPSA) is 21.3 Å². The van der Waals surface area contributed by atoms with Gasteiger partial charge in [-0.25, -0.2) is 0 Å². The van der Waals surface area contributed by atoms with Crippen LogP contribution in [0.15, 0.2) is 235 Å². The summed E-state index contributed by atoms with van der Waals surface area (Å²) < 4.78 is 8.71. The average Bonchev–Trinajstić information content (AvgIpc) is 3.88. The Morgan fingerprint density at radius 3 is 1.56 bits per heavy atom. The van der Waals surface area contributed by atoms with Gasteiger partial charge in [-0.15, -0.1) is 0 Å². The Morgan fingerprint density at radius 2 is 0.852 bits per heavy atom. The van der Waals surface area contributed by atoms with Crippen LogP contribution in [0.25, 0.3) is 93.6 Å². The lowest BCUT2D eigenvalue weighted by molar-refractivity contribution is 0.669. The van der Waals surface area contributed by atoms with Crippen molar-refractivity contribution in [3.05, 3.63) is 231 Å². The third-order valence-corrected chi connectivity index (χ3v) is 12.2. The van der Waals surface area contributed by atoms with Crippen LogP contribution < -0.4 is 4.90 Å². The van der Waals surface area contributed by atoms with Crippen molar-refractivity contribution < 1.29 is 4.42 Å². The maximum absolute atomic E-state index is 6.35. The highest BCUT2D eigenvalue weighted by Crippen LogP contribution is 2.45. The number of aromatic nitrogens is 1. The molecule has 10 aromatic carbocycles. The van der Waals surface area contributed by atoms with Gasteiger partial charge in [-0.2, -0.15) is 0 Å². The molecule has 0 saturated heterocycles. The summed E-state index contributed by atoms with van der Waals surface area (Å²) in [6, 6.07) is 82.9. The molecule has 0 unspecified atom stereocenters. The van der Waals surface area contributed by atoms with E-state index in [0.717, 1.165) is 55.8 Å². The van der Waals surface area contributed by atoms with Crippen molar-refractivity contribution in [3.63, 3.8) is 0 Å². The molecule has 2 aromatic heterocycles. The van der Waals surface area contributed by atoms with Crippen LogP contribution >= 0.6 is 0 Å². The Kier molecular flexibility index (Phi) is 8.17. The van der Waals surface area contributed by atoms with Crippen LogP contribution in [0, 0.1) is 0 Å². The zero-order valence-corrected chi connectivity index (χ0v) is 33.2. The van der Waals surface area contributed by atoms with Gasteiger partial charge in [-0.1, -0.05) is 164 Å². The first-order valence-electron chi connectivity index (χ1n) is 20.8. The highest BCUT2D eigenvalue weighted by Gasteiger charge is 2.21. The second-order valence-corrected chi connectivity index (χ2v) is 15.7. The number of para-hydroxylation sites is 4. The van der Waals surface area contributed by atoms with E-state index in [4.69, 9.17) is 4.42 Å². The Hall–Kier alpha value is -8.14. The molecule has 0 aliphatic rings. The number of fused-ring (bicyclic) bond motifs is 7. The van der Waals surface area contributed by atoms with Gasteiger partial charge in [0.2, 0.25) is 0 Å². The second kappa shape index (κ2) is 14.3. The molecule has 12 aromatic rings. The van der Waals surface area contributed by atoms with Crippen LogP contribution in [0.2, 0.25) is 0 Å². The van der Waals surface area contributed by atoms with Gasteiger partial charge < -0.3 is 13.9 Å². The summed E-state index contributed by atoms with van der Waals surface area (Å²) >= 11 is 0. The Labute approximate surface area is 353 Å². The Bertz CT molecular complexity index is 3520. The molecule has 2 heterocycles. The molecular formula is C58H38N2O. The van der Waals surface area contributed by atoms with Gasteiger partial charge in [0.05, 0.1) is 16.7 Å². The molecule has 3 heteroatoms. The zero-order valence-electron chi connectivity index (χ0n) is 33.2. The van der Waals surface area contributed by atoms with E-state index in [1.54, 1.807) is 0 Å². The van der Waals surface area contributed by atoms with Gasteiger partial charge in [0.15, 0.2) is 0 Å². The molecule has 0 fully saturated rings. The van der Waals surface area contributed by atoms with E-state index in [1.165, 1.54) is 54.8 Å².